The minimum atomic E-state index is 0.295. The molecule has 104 valence electrons. The zero-order valence-electron chi connectivity index (χ0n) is 11.1. The lowest BCUT2D eigenvalue weighted by Crippen LogP contribution is -2.28. The van der Waals surface area contributed by atoms with Crippen molar-refractivity contribution < 1.29 is 5.11 Å². The molecule has 0 bridgehead atoms. The number of nitrogens with zero attached hydrogens (tertiary/aromatic N) is 1. The molecular weight excluding hydrogens is 272 g/mol. The number of phenolic OH excluding ortho intramolecular Hbond substituents is 1. The van der Waals surface area contributed by atoms with Crippen molar-refractivity contribution in [1.82, 2.24) is 5.32 Å². The van der Waals surface area contributed by atoms with Gasteiger partial charge in [0, 0.05) is 42.5 Å². The lowest BCUT2D eigenvalue weighted by Gasteiger charge is -2.25. The molecule has 0 saturated carbocycles. The SMILES string of the molecule is Oc1ccc(Cl)cc1CN1CCNCc2ccccc21. The third kappa shape index (κ3) is 2.74. The van der Waals surface area contributed by atoms with Gasteiger partial charge in [0.25, 0.3) is 0 Å². The second-order valence-corrected chi connectivity index (χ2v) is 5.44. The van der Waals surface area contributed by atoms with Crippen LogP contribution in [0.5, 0.6) is 5.75 Å². The molecule has 1 aliphatic heterocycles. The number of fused-ring (bicyclic) bond motifs is 1. The number of anilines is 1. The predicted molar refractivity (Wildman–Crippen MR) is 82.3 cm³/mol. The molecule has 4 heteroatoms. The van der Waals surface area contributed by atoms with Crippen molar-refractivity contribution in [2.24, 2.45) is 0 Å². The van der Waals surface area contributed by atoms with Crippen molar-refractivity contribution in [3.8, 4) is 5.75 Å². The molecule has 0 saturated heterocycles. The van der Waals surface area contributed by atoms with Gasteiger partial charge in [-0.05, 0) is 29.8 Å². The largest absolute Gasteiger partial charge is 0.508 e. The summed E-state index contributed by atoms with van der Waals surface area (Å²) >= 11 is 6.02. The fourth-order valence-corrected chi connectivity index (χ4v) is 2.77. The number of phenols is 1. The van der Waals surface area contributed by atoms with Crippen molar-refractivity contribution in [2.45, 2.75) is 13.1 Å². The van der Waals surface area contributed by atoms with Crippen molar-refractivity contribution >= 4 is 17.3 Å². The number of halogens is 1. The first-order valence-electron chi connectivity index (χ1n) is 6.75. The first-order chi connectivity index (χ1) is 9.74. The Labute approximate surface area is 123 Å². The summed E-state index contributed by atoms with van der Waals surface area (Å²) in [5.41, 5.74) is 3.36. The second kappa shape index (κ2) is 5.73. The first kappa shape index (κ1) is 13.3. The Hall–Kier alpha value is -1.71. The zero-order chi connectivity index (χ0) is 13.9. The third-order valence-electron chi connectivity index (χ3n) is 3.61. The molecule has 0 amide bonds. The Balaban J connectivity index is 1.92. The molecule has 2 aromatic carbocycles. The lowest BCUT2D eigenvalue weighted by atomic mass is 10.1. The summed E-state index contributed by atoms with van der Waals surface area (Å²) in [4.78, 5) is 2.28. The number of benzene rings is 2. The van der Waals surface area contributed by atoms with Crippen LogP contribution in [-0.4, -0.2) is 18.2 Å². The van der Waals surface area contributed by atoms with Gasteiger partial charge in [0.1, 0.15) is 5.75 Å². The molecule has 0 spiro atoms. The highest BCUT2D eigenvalue weighted by molar-refractivity contribution is 6.30. The number of para-hydroxylation sites is 1. The van der Waals surface area contributed by atoms with E-state index < -0.39 is 0 Å². The quantitative estimate of drug-likeness (QED) is 0.891. The number of rotatable bonds is 2. The average molecular weight is 289 g/mol. The highest BCUT2D eigenvalue weighted by Crippen LogP contribution is 2.28. The molecule has 0 unspecified atom stereocenters. The molecular formula is C16H17ClN2O. The lowest BCUT2D eigenvalue weighted by molar-refractivity contribution is 0.467. The molecule has 0 aromatic heterocycles. The zero-order valence-corrected chi connectivity index (χ0v) is 11.9. The monoisotopic (exact) mass is 288 g/mol. The van der Waals surface area contributed by atoms with Crippen LogP contribution in [0.3, 0.4) is 0 Å². The number of nitrogens with one attached hydrogen (secondary N) is 1. The Morgan fingerprint density at radius 1 is 1.20 bits per heavy atom. The van der Waals surface area contributed by atoms with Crippen molar-refractivity contribution in [1.29, 1.82) is 0 Å². The Bertz CT molecular complexity index is 615. The molecule has 2 aromatic rings. The van der Waals surface area contributed by atoms with Crippen LogP contribution in [0.25, 0.3) is 0 Å². The maximum Gasteiger partial charge on any atom is 0.120 e. The summed E-state index contributed by atoms with van der Waals surface area (Å²) in [6.07, 6.45) is 0. The molecule has 0 atom stereocenters. The van der Waals surface area contributed by atoms with Crippen molar-refractivity contribution in [3.63, 3.8) is 0 Å². The summed E-state index contributed by atoms with van der Waals surface area (Å²) in [5, 5.41) is 14.0. The van der Waals surface area contributed by atoms with Crippen LogP contribution in [0.4, 0.5) is 5.69 Å². The topological polar surface area (TPSA) is 35.5 Å². The van der Waals surface area contributed by atoms with Gasteiger partial charge in [0.05, 0.1) is 0 Å². The molecule has 1 heterocycles. The Kier molecular flexibility index (Phi) is 3.81. The molecule has 0 fully saturated rings. The molecule has 2 N–H and O–H groups in total. The van der Waals surface area contributed by atoms with Crippen molar-refractivity contribution in [2.75, 3.05) is 18.0 Å². The van der Waals surface area contributed by atoms with Gasteiger partial charge in [-0.3, -0.25) is 0 Å². The van der Waals surface area contributed by atoms with Crippen LogP contribution in [0.1, 0.15) is 11.1 Å². The maximum atomic E-state index is 9.98. The smallest absolute Gasteiger partial charge is 0.120 e. The van der Waals surface area contributed by atoms with E-state index in [0.29, 0.717) is 17.3 Å². The number of aromatic hydroxyl groups is 1. The van der Waals surface area contributed by atoms with Gasteiger partial charge >= 0.3 is 0 Å². The van der Waals surface area contributed by atoms with Crippen LogP contribution in [-0.2, 0) is 13.1 Å². The average Bonchev–Trinajstić information content (AvgIpc) is 2.66. The molecule has 20 heavy (non-hydrogen) atoms. The Morgan fingerprint density at radius 3 is 2.95 bits per heavy atom. The molecule has 0 radical (unpaired) electrons. The van der Waals surface area contributed by atoms with E-state index >= 15 is 0 Å². The summed E-state index contributed by atoms with van der Waals surface area (Å²) in [6.45, 7) is 3.37. The van der Waals surface area contributed by atoms with Crippen LogP contribution in [0.15, 0.2) is 42.5 Å². The van der Waals surface area contributed by atoms with E-state index in [-0.39, 0.29) is 0 Å². The highest BCUT2D eigenvalue weighted by Gasteiger charge is 2.16. The second-order valence-electron chi connectivity index (χ2n) is 5.00. The van der Waals surface area contributed by atoms with E-state index in [1.807, 2.05) is 6.07 Å². The van der Waals surface area contributed by atoms with E-state index in [2.05, 4.69) is 34.5 Å². The highest BCUT2D eigenvalue weighted by atomic mass is 35.5. The number of hydrogen-bond acceptors (Lipinski definition) is 3. The van der Waals surface area contributed by atoms with E-state index in [9.17, 15) is 5.11 Å². The predicted octanol–water partition coefficient (Wildman–Crippen LogP) is 3.16. The standard InChI is InChI=1S/C16H17ClN2O/c17-14-5-6-16(20)13(9-14)11-19-8-7-18-10-12-3-1-2-4-15(12)19/h1-6,9,18,20H,7-8,10-11H2. The van der Waals surface area contributed by atoms with E-state index in [0.717, 1.165) is 25.2 Å². The molecule has 0 aliphatic carbocycles. The van der Waals surface area contributed by atoms with E-state index in [1.165, 1.54) is 11.3 Å². The minimum Gasteiger partial charge on any atom is -0.508 e. The minimum absolute atomic E-state index is 0.295. The van der Waals surface area contributed by atoms with Crippen LogP contribution >= 0.6 is 11.6 Å². The van der Waals surface area contributed by atoms with E-state index in [4.69, 9.17) is 11.6 Å². The van der Waals surface area contributed by atoms with Gasteiger partial charge in [-0.25, -0.2) is 0 Å². The summed E-state index contributed by atoms with van der Waals surface area (Å²) < 4.78 is 0. The third-order valence-corrected chi connectivity index (χ3v) is 3.84. The van der Waals surface area contributed by atoms with E-state index in [1.54, 1.807) is 12.1 Å². The molecule has 1 aliphatic rings. The van der Waals surface area contributed by atoms with Gasteiger partial charge in [-0.15, -0.1) is 0 Å². The van der Waals surface area contributed by atoms with Gasteiger partial charge in [0.15, 0.2) is 0 Å². The summed E-state index contributed by atoms with van der Waals surface area (Å²) in [5.74, 6) is 0.295. The van der Waals surface area contributed by atoms with Gasteiger partial charge < -0.3 is 15.3 Å². The normalized spacial score (nSPS) is 14.8. The van der Waals surface area contributed by atoms with Gasteiger partial charge in [-0.1, -0.05) is 29.8 Å². The molecule has 3 rings (SSSR count). The maximum absolute atomic E-state index is 9.98. The Morgan fingerprint density at radius 2 is 2.05 bits per heavy atom. The first-order valence-corrected chi connectivity index (χ1v) is 7.13. The number of hydrogen-bond donors (Lipinski definition) is 2. The van der Waals surface area contributed by atoms with Crippen LogP contribution in [0, 0.1) is 0 Å². The van der Waals surface area contributed by atoms with Crippen molar-refractivity contribution in [3.05, 3.63) is 58.6 Å². The molecule has 3 nitrogen and oxygen atoms in total. The summed E-state index contributed by atoms with van der Waals surface area (Å²) in [7, 11) is 0. The fraction of sp³-hybridized carbons (Fsp3) is 0.250. The van der Waals surface area contributed by atoms with Gasteiger partial charge in [0.2, 0.25) is 0 Å². The van der Waals surface area contributed by atoms with Crippen LogP contribution < -0.4 is 10.2 Å². The fourth-order valence-electron chi connectivity index (χ4n) is 2.58. The summed E-state index contributed by atoms with van der Waals surface area (Å²) in [6, 6.07) is 13.6. The van der Waals surface area contributed by atoms with Gasteiger partial charge in [-0.2, -0.15) is 0 Å². The van der Waals surface area contributed by atoms with Crippen LogP contribution in [0.2, 0.25) is 5.02 Å².